The van der Waals surface area contributed by atoms with Crippen molar-refractivity contribution in [1.29, 1.82) is 0 Å². The lowest BCUT2D eigenvalue weighted by molar-refractivity contribution is -0.130. The molecule has 0 aromatic heterocycles. The van der Waals surface area contributed by atoms with Gasteiger partial charge in [-0.25, -0.2) is 0 Å². The summed E-state index contributed by atoms with van der Waals surface area (Å²) in [6.45, 7) is 5.40. The van der Waals surface area contributed by atoms with Crippen LogP contribution in [0.25, 0.3) is 0 Å². The van der Waals surface area contributed by atoms with E-state index in [0.717, 1.165) is 51.9 Å². The van der Waals surface area contributed by atoms with Gasteiger partial charge in [0.25, 0.3) is 0 Å². The van der Waals surface area contributed by atoms with E-state index in [-0.39, 0.29) is 30.3 Å². The first-order valence-corrected chi connectivity index (χ1v) is 9.62. The Morgan fingerprint density at radius 1 is 1.04 bits per heavy atom. The van der Waals surface area contributed by atoms with E-state index in [1.807, 2.05) is 16.7 Å². The van der Waals surface area contributed by atoms with Gasteiger partial charge >= 0.3 is 0 Å². The highest BCUT2D eigenvalue weighted by molar-refractivity contribution is 8.00. The van der Waals surface area contributed by atoms with Crippen LogP contribution in [0.15, 0.2) is 0 Å². The maximum absolute atomic E-state index is 12.3. The molecule has 2 N–H and O–H groups in total. The fourth-order valence-electron chi connectivity index (χ4n) is 3.22. The number of halogens is 1. The summed E-state index contributed by atoms with van der Waals surface area (Å²) >= 11 is 1.45. The SMILES string of the molecule is CC(N)C1CCCN(C(=O)CSCC(=O)N2CCCCC2)C1.Cl. The molecule has 2 saturated heterocycles. The Kier molecular flexibility index (Phi) is 9.32. The van der Waals surface area contributed by atoms with Crippen LogP contribution >= 0.6 is 24.2 Å². The summed E-state index contributed by atoms with van der Waals surface area (Å²) in [5.74, 6) is 1.59. The summed E-state index contributed by atoms with van der Waals surface area (Å²) < 4.78 is 0. The predicted octanol–water partition coefficient (Wildman–Crippen LogP) is 1.74. The molecule has 2 aliphatic rings. The third-order valence-corrected chi connectivity index (χ3v) is 5.62. The van der Waals surface area contributed by atoms with E-state index in [4.69, 9.17) is 5.73 Å². The zero-order chi connectivity index (χ0) is 15.9. The third-order valence-electron chi connectivity index (χ3n) is 4.71. The number of thioether (sulfide) groups is 1. The average Bonchev–Trinajstić information content (AvgIpc) is 2.55. The second-order valence-electron chi connectivity index (χ2n) is 6.54. The predicted molar refractivity (Wildman–Crippen MR) is 98.0 cm³/mol. The lowest BCUT2D eigenvalue weighted by Gasteiger charge is -2.34. The Morgan fingerprint density at radius 3 is 2.22 bits per heavy atom. The molecule has 7 heteroatoms. The molecule has 0 spiro atoms. The van der Waals surface area contributed by atoms with Crippen molar-refractivity contribution in [3.05, 3.63) is 0 Å². The highest BCUT2D eigenvalue weighted by Gasteiger charge is 2.26. The van der Waals surface area contributed by atoms with Crippen LogP contribution in [0.3, 0.4) is 0 Å². The molecule has 134 valence electrons. The first-order valence-electron chi connectivity index (χ1n) is 8.47. The van der Waals surface area contributed by atoms with Crippen LogP contribution < -0.4 is 5.73 Å². The second kappa shape index (κ2) is 10.4. The number of amides is 2. The standard InChI is InChI=1S/C16H29N3O2S.ClH/c1-13(17)14-6-5-9-19(10-14)16(21)12-22-11-15(20)18-7-3-2-4-8-18;/h13-14H,2-12,17H2,1H3;1H. The Balaban J connectivity index is 0.00000264. The summed E-state index contributed by atoms with van der Waals surface area (Å²) in [6, 6.07) is 0.143. The van der Waals surface area contributed by atoms with Crippen LogP contribution in [0.1, 0.15) is 39.0 Å². The van der Waals surface area contributed by atoms with Gasteiger partial charge in [-0.2, -0.15) is 0 Å². The van der Waals surface area contributed by atoms with Crippen LogP contribution in [0.5, 0.6) is 0 Å². The molecule has 2 aliphatic heterocycles. The number of nitrogens with two attached hydrogens (primary N) is 1. The van der Waals surface area contributed by atoms with E-state index < -0.39 is 0 Å². The van der Waals surface area contributed by atoms with Crippen LogP contribution in [0, 0.1) is 5.92 Å². The molecule has 2 unspecified atom stereocenters. The number of hydrogen-bond donors (Lipinski definition) is 1. The molecule has 0 aliphatic carbocycles. The van der Waals surface area contributed by atoms with Gasteiger partial charge in [0.15, 0.2) is 0 Å². The van der Waals surface area contributed by atoms with E-state index in [1.54, 1.807) is 0 Å². The van der Waals surface area contributed by atoms with Gasteiger partial charge in [0.2, 0.25) is 11.8 Å². The monoisotopic (exact) mass is 363 g/mol. The van der Waals surface area contributed by atoms with Gasteiger partial charge in [-0.15, -0.1) is 24.2 Å². The molecule has 0 radical (unpaired) electrons. The van der Waals surface area contributed by atoms with Gasteiger partial charge in [-0.1, -0.05) is 0 Å². The Bertz CT molecular complexity index is 390. The lowest BCUT2D eigenvalue weighted by atomic mass is 9.92. The van der Waals surface area contributed by atoms with E-state index in [0.29, 0.717) is 17.4 Å². The van der Waals surface area contributed by atoms with E-state index >= 15 is 0 Å². The number of likely N-dealkylation sites (tertiary alicyclic amines) is 2. The fraction of sp³-hybridized carbons (Fsp3) is 0.875. The average molecular weight is 364 g/mol. The number of hydrogen-bond acceptors (Lipinski definition) is 4. The van der Waals surface area contributed by atoms with Crippen molar-refractivity contribution in [3.8, 4) is 0 Å². The molecule has 2 rings (SSSR count). The molecule has 0 aromatic carbocycles. The number of piperidine rings is 2. The molecular weight excluding hydrogens is 334 g/mol. The summed E-state index contributed by atoms with van der Waals surface area (Å²) in [6.07, 6.45) is 5.60. The Labute approximate surface area is 150 Å². The van der Waals surface area contributed by atoms with Gasteiger partial charge in [0, 0.05) is 32.2 Å². The van der Waals surface area contributed by atoms with E-state index in [9.17, 15) is 9.59 Å². The lowest BCUT2D eigenvalue weighted by Crippen LogP contribution is -2.45. The van der Waals surface area contributed by atoms with Crippen LogP contribution in [-0.4, -0.2) is 65.3 Å². The van der Waals surface area contributed by atoms with Crippen molar-refractivity contribution in [1.82, 2.24) is 9.80 Å². The molecule has 2 heterocycles. The molecule has 0 aromatic rings. The highest BCUT2D eigenvalue weighted by atomic mass is 35.5. The van der Waals surface area contributed by atoms with Gasteiger partial charge in [-0.3, -0.25) is 9.59 Å². The van der Waals surface area contributed by atoms with Crippen molar-refractivity contribution in [2.75, 3.05) is 37.7 Å². The summed E-state index contributed by atoms with van der Waals surface area (Å²) in [5.41, 5.74) is 5.96. The summed E-state index contributed by atoms with van der Waals surface area (Å²) in [4.78, 5) is 28.2. The van der Waals surface area contributed by atoms with E-state index in [2.05, 4.69) is 0 Å². The first kappa shape index (κ1) is 20.6. The minimum Gasteiger partial charge on any atom is -0.342 e. The smallest absolute Gasteiger partial charge is 0.232 e. The van der Waals surface area contributed by atoms with Crippen molar-refractivity contribution in [2.45, 2.75) is 45.1 Å². The molecule has 0 bridgehead atoms. The highest BCUT2D eigenvalue weighted by Crippen LogP contribution is 2.20. The van der Waals surface area contributed by atoms with Gasteiger partial charge in [0.1, 0.15) is 0 Å². The summed E-state index contributed by atoms with van der Waals surface area (Å²) in [5, 5.41) is 0. The normalized spacial score (nSPS) is 23.1. The largest absolute Gasteiger partial charge is 0.342 e. The van der Waals surface area contributed by atoms with Crippen molar-refractivity contribution >= 4 is 36.0 Å². The molecule has 5 nitrogen and oxygen atoms in total. The van der Waals surface area contributed by atoms with Crippen molar-refractivity contribution in [3.63, 3.8) is 0 Å². The number of carbonyl (C=O) groups excluding carboxylic acids is 2. The molecule has 2 atom stereocenters. The maximum Gasteiger partial charge on any atom is 0.232 e. The van der Waals surface area contributed by atoms with Gasteiger partial charge in [-0.05, 0) is 44.9 Å². The molecule has 2 fully saturated rings. The van der Waals surface area contributed by atoms with E-state index in [1.165, 1.54) is 18.2 Å². The van der Waals surface area contributed by atoms with Crippen LogP contribution in [0.4, 0.5) is 0 Å². The molecule has 23 heavy (non-hydrogen) atoms. The summed E-state index contributed by atoms with van der Waals surface area (Å²) in [7, 11) is 0. The quantitative estimate of drug-likeness (QED) is 0.807. The number of rotatable bonds is 5. The van der Waals surface area contributed by atoms with Gasteiger partial charge < -0.3 is 15.5 Å². The minimum atomic E-state index is 0. The zero-order valence-electron chi connectivity index (χ0n) is 14.0. The zero-order valence-corrected chi connectivity index (χ0v) is 15.7. The molecular formula is C16H30ClN3O2S. The van der Waals surface area contributed by atoms with Crippen molar-refractivity contribution in [2.24, 2.45) is 11.7 Å². The Hall–Kier alpha value is -0.460. The number of nitrogens with zero attached hydrogens (tertiary/aromatic N) is 2. The maximum atomic E-state index is 12.3. The van der Waals surface area contributed by atoms with Gasteiger partial charge in [0.05, 0.1) is 11.5 Å². The topological polar surface area (TPSA) is 66.6 Å². The first-order chi connectivity index (χ1) is 10.6. The number of carbonyl (C=O) groups is 2. The third kappa shape index (κ3) is 6.51. The van der Waals surface area contributed by atoms with Crippen LogP contribution in [-0.2, 0) is 9.59 Å². The minimum absolute atomic E-state index is 0. The Morgan fingerprint density at radius 2 is 1.61 bits per heavy atom. The van der Waals surface area contributed by atoms with Crippen LogP contribution in [0.2, 0.25) is 0 Å². The molecule has 2 amide bonds. The van der Waals surface area contributed by atoms with Crippen molar-refractivity contribution < 1.29 is 9.59 Å². The molecule has 0 saturated carbocycles. The second-order valence-corrected chi connectivity index (χ2v) is 7.52. The fourth-order valence-corrected chi connectivity index (χ4v) is 4.03.